The van der Waals surface area contributed by atoms with E-state index >= 15 is 0 Å². The van der Waals surface area contributed by atoms with Crippen molar-refractivity contribution in [2.24, 2.45) is 5.92 Å². The quantitative estimate of drug-likeness (QED) is 0.783. The van der Waals surface area contributed by atoms with E-state index in [0.717, 1.165) is 11.7 Å². The first-order chi connectivity index (χ1) is 6.64. The Kier molecular flexibility index (Phi) is 2.64. The smallest absolute Gasteiger partial charge is 0.232 e. The molecular formula is C10H15BrN2O. The summed E-state index contributed by atoms with van der Waals surface area (Å²) in [5.41, 5.74) is 0.0473. The van der Waals surface area contributed by atoms with Gasteiger partial charge in [-0.3, -0.25) is 0 Å². The lowest BCUT2D eigenvalue weighted by atomic mass is 9.67. The highest BCUT2D eigenvalue weighted by Gasteiger charge is 2.39. The Bertz CT molecular complexity index is 318. The molecule has 14 heavy (non-hydrogen) atoms. The summed E-state index contributed by atoms with van der Waals surface area (Å²) in [6.45, 7) is 4.39. The molecular weight excluding hydrogens is 244 g/mol. The van der Waals surface area contributed by atoms with Crippen molar-refractivity contribution < 1.29 is 4.52 Å². The molecule has 0 unspecified atom stereocenters. The highest BCUT2D eigenvalue weighted by atomic mass is 79.9. The van der Waals surface area contributed by atoms with Gasteiger partial charge < -0.3 is 4.52 Å². The van der Waals surface area contributed by atoms with Crippen LogP contribution >= 0.6 is 15.9 Å². The molecule has 1 aliphatic rings. The Labute approximate surface area is 92.4 Å². The molecule has 0 N–H and O–H groups in total. The number of halogens is 1. The predicted molar refractivity (Wildman–Crippen MR) is 57.3 cm³/mol. The Morgan fingerprint density at radius 1 is 1.50 bits per heavy atom. The summed E-state index contributed by atoms with van der Waals surface area (Å²) >= 11 is 3.32. The van der Waals surface area contributed by atoms with Gasteiger partial charge in [-0.1, -0.05) is 41.4 Å². The fourth-order valence-corrected chi connectivity index (χ4v) is 2.10. The summed E-state index contributed by atoms with van der Waals surface area (Å²) in [5.74, 6) is 2.25. The molecule has 1 fully saturated rings. The first-order valence-electron chi connectivity index (χ1n) is 5.03. The van der Waals surface area contributed by atoms with Crippen LogP contribution in [0.4, 0.5) is 0 Å². The van der Waals surface area contributed by atoms with Crippen LogP contribution in [0, 0.1) is 5.92 Å². The second-order valence-corrected chi connectivity index (χ2v) is 5.06. The van der Waals surface area contributed by atoms with Crippen molar-refractivity contribution in [1.29, 1.82) is 0 Å². The molecule has 0 aromatic carbocycles. The molecule has 2 rings (SSSR count). The number of aromatic nitrogens is 2. The van der Waals surface area contributed by atoms with Gasteiger partial charge in [-0.15, -0.1) is 0 Å². The van der Waals surface area contributed by atoms with E-state index in [2.05, 4.69) is 39.9 Å². The van der Waals surface area contributed by atoms with Crippen LogP contribution in [0.15, 0.2) is 4.52 Å². The number of nitrogens with zero attached hydrogens (tertiary/aromatic N) is 2. The zero-order chi connectivity index (χ0) is 10.2. The lowest BCUT2D eigenvalue weighted by molar-refractivity contribution is 0.153. The normalized spacial score (nSPS) is 18.2. The second-order valence-electron chi connectivity index (χ2n) is 4.50. The number of hydrogen-bond donors (Lipinski definition) is 0. The molecule has 1 aromatic heterocycles. The zero-order valence-corrected chi connectivity index (χ0v) is 10.2. The van der Waals surface area contributed by atoms with E-state index in [9.17, 15) is 0 Å². The lowest BCUT2D eigenvalue weighted by Gasteiger charge is -2.37. The minimum Gasteiger partial charge on any atom is -0.339 e. The lowest BCUT2D eigenvalue weighted by Crippen LogP contribution is -2.33. The van der Waals surface area contributed by atoms with E-state index in [0.29, 0.717) is 11.2 Å². The third-order valence-corrected chi connectivity index (χ3v) is 3.77. The zero-order valence-electron chi connectivity index (χ0n) is 8.59. The average molecular weight is 259 g/mol. The molecule has 0 radical (unpaired) electrons. The van der Waals surface area contributed by atoms with Gasteiger partial charge in [0.1, 0.15) is 0 Å². The van der Waals surface area contributed by atoms with Crippen LogP contribution in [0.5, 0.6) is 0 Å². The highest BCUT2D eigenvalue weighted by Crippen LogP contribution is 2.42. The molecule has 0 spiro atoms. The van der Waals surface area contributed by atoms with Crippen molar-refractivity contribution in [3.63, 3.8) is 0 Å². The van der Waals surface area contributed by atoms with Crippen LogP contribution < -0.4 is 0 Å². The van der Waals surface area contributed by atoms with Gasteiger partial charge in [-0.05, 0) is 18.8 Å². The van der Waals surface area contributed by atoms with Crippen LogP contribution in [0.25, 0.3) is 0 Å². The summed E-state index contributed by atoms with van der Waals surface area (Å²) in [4.78, 5) is 4.38. The Hall–Kier alpha value is -0.380. The van der Waals surface area contributed by atoms with E-state index in [4.69, 9.17) is 4.52 Å². The SMILES string of the molecule is CC(C)(c1nc(CBr)no1)C1CCC1. The van der Waals surface area contributed by atoms with E-state index in [1.165, 1.54) is 19.3 Å². The number of rotatable bonds is 3. The minimum atomic E-state index is 0.0473. The summed E-state index contributed by atoms with van der Waals surface area (Å²) in [6, 6.07) is 0. The van der Waals surface area contributed by atoms with Crippen molar-refractivity contribution in [2.75, 3.05) is 0 Å². The first kappa shape index (κ1) is 10.1. The Morgan fingerprint density at radius 3 is 2.64 bits per heavy atom. The van der Waals surface area contributed by atoms with Gasteiger partial charge in [0.05, 0.1) is 5.33 Å². The summed E-state index contributed by atoms with van der Waals surface area (Å²) in [7, 11) is 0. The Balaban J connectivity index is 2.19. The summed E-state index contributed by atoms with van der Waals surface area (Å²) in [6.07, 6.45) is 3.92. The molecule has 1 aromatic rings. The Morgan fingerprint density at radius 2 is 2.21 bits per heavy atom. The van der Waals surface area contributed by atoms with Crippen molar-refractivity contribution in [1.82, 2.24) is 10.1 Å². The minimum absolute atomic E-state index is 0.0473. The third kappa shape index (κ3) is 1.60. The molecule has 1 saturated carbocycles. The summed E-state index contributed by atoms with van der Waals surface area (Å²) in [5, 5.41) is 4.57. The summed E-state index contributed by atoms with van der Waals surface area (Å²) < 4.78 is 5.29. The highest BCUT2D eigenvalue weighted by molar-refractivity contribution is 9.08. The molecule has 0 bridgehead atoms. The van der Waals surface area contributed by atoms with Gasteiger partial charge in [-0.2, -0.15) is 4.98 Å². The van der Waals surface area contributed by atoms with Gasteiger partial charge in [-0.25, -0.2) is 0 Å². The van der Waals surface area contributed by atoms with Gasteiger partial charge in [0.15, 0.2) is 5.82 Å². The van der Waals surface area contributed by atoms with Crippen LogP contribution in [-0.2, 0) is 10.7 Å². The average Bonchev–Trinajstić information content (AvgIpc) is 2.47. The molecule has 4 heteroatoms. The van der Waals surface area contributed by atoms with Gasteiger partial charge >= 0.3 is 0 Å². The van der Waals surface area contributed by atoms with Crippen molar-refractivity contribution in [3.8, 4) is 0 Å². The molecule has 0 amide bonds. The largest absolute Gasteiger partial charge is 0.339 e. The molecule has 3 nitrogen and oxygen atoms in total. The molecule has 0 aliphatic heterocycles. The maximum Gasteiger partial charge on any atom is 0.232 e. The number of alkyl halides is 1. The maximum atomic E-state index is 5.29. The topological polar surface area (TPSA) is 38.9 Å². The van der Waals surface area contributed by atoms with Crippen molar-refractivity contribution >= 4 is 15.9 Å². The van der Waals surface area contributed by atoms with E-state index in [-0.39, 0.29) is 5.41 Å². The fraction of sp³-hybridized carbons (Fsp3) is 0.800. The van der Waals surface area contributed by atoms with Gasteiger partial charge in [0.2, 0.25) is 5.89 Å². The number of hydrogen-bond acceptors (Lipinski definition) is 3. The second kappa shape index (κ2) is 3.65. The van der Waals surface area contributed by atoms with Crippen molar-refractivity contribution in [3.05, 3.63) is 11.7 Å². The maximum absolute atomic E-state index is 5.29. The predicted octanol–water partition coefficient (Wildman–Crippen LogP) is 3.04. The monoisotopic (exact) mass is 258 g/mol. The van der Waals surface area contributed by atoms with Crippen LogP contribution in [0.2, 0.25) is 0 Å². The molecule has 78 valence electrons. The first-order valence-corrected chi connectivity index (χ1v) is 6.15. The standard InChI is InChI=1S/C10H15BrN2O/c1-10(2,7-4-3-5-7)9-12-8(6-11)13-14-9/h7H,3-6H2,1-2H3. The van der Waals surface area contributed by atoms with E-state index < -0.39 is 0 Å². The van der Waals surface area contributed by atoms with Gasteiger partial charge in [0.25, 0.3) is 0 Å². The fourth-order valence-electron chi connectivity index (χ4n) is 1.87. The van der Waals surface area contributed by atoms with Crippen LogP contribution in [0.3, 0.4) is 0 Å². The van der Waals surface area contributed by atoms with Crippen molar-refractivity contribution in [2.45, 2.75) is 43.9 Å². The van der Waals surface area contributed by atoms with Gasteiger partial charge in [0, 0.05) is 5.41 Å². The van der Waals surface area contributed by atoms with Crippen LogP contribution in [0.1, 0.15) is 44.8 Å². The van der Waals surface area contributed by atoms with Crippen LogP contribution in [-0.4, -0.2) is 10.1 Å². The molecule has 0 saturated heterocycles. The van der Waals surface area contributed by atoms with E-state index in [1.807, 2.05) is 0 Å². The molecule has 1 aliphatic carbocycles. The molecule has 1 heterocycles. The third-order valence-electron chi connectivity index (χ3n) is 3.26. The van der Waals surface area contributed by atoms with E-state index in [1.54, 1.807) is 0 Å². The molecule has 0 atom stereocenters.